The predicted octanol–water partition coefficient (Wildman–Crippen LogP) is 3.48. The lowest BCUT2D eigenvalue weighted by molar-refractivity contribution is 0.233. The van der Waals surface area contributed by atoms with Crippen LogP contribution in [0.5, 0.6) is 0 Å². The molecule has 0 aromatic heterocycles. The van der Waals surface area contributed by atoms with E-state index in [4.69, 9.17) is 4.74 Å². The first kappa shape index (κ1) is 11.9. The van der Waals surface area contributed by atoms with Gasteiger partial charge >= 0.3 is 0 Å². The molecule has 3 heteroatoms. The topological polar surface area (TPSA) is 21.6 Å². The Balaban J connectivity index is 1.92. The zero-order valence-corrected chi connectivity index (χ0v) is 11.2. The van der Waals surface area contributed by atoms with Crippen LogP contribution >= 0.6 is 15.9 Å². The standard InChI is InChI=1S/C13H18BrNO/c1-2-3-13-15-8-11(9-16-13)10-4-6-12(14)7-5-10/h4-6,11-12H,2-3,7-9H2,1H3. The van der Waals surface area contributed by atoms with Crippen molar-refractivity contribution in [1.29, 1.82) is 0 Å². The SMILES string of the molecule is CCCC1=NCC(C2=CCC(Br)C=C2)CO1. The summed E-state index contributed by atoms with van der Waals surface area (Å²) in [7, 11) is 0. The Morgan fingerprint density at radius 2 is 2.44 bits per heavy atom. The third kappa shape index (κ3) is 2.97. The second-order valence-corrected chi connectivity index (χ2v) is 5.48. The van der Waals surface area contributed by atoms with Crippen molar-refractivity contribution in [2.75, 3.05) is 13.2 Å². The van der Waals surface area contributed by atoms with E-state index in [0.29, 0.717) is 10.7 Å². The molecule has 88 valence electrons. The van der Waals surface area contributed by atoms with Crippen molar-refractivity contribution in [1.82, 2.24) is 0 Å². The molecule has 1 aliphatic carbocycles. The van der Waals surface area contributed by atoms with Gasteiger partial charge in [0.15, 0.2) is 5.90 Å². The zero-order valence-electron chi connectivity index (χ0n) is 9.66. The van der Waals surface area contributed by atoms with Crippen LogP contribution in [-0.2, 0) is 4.74 Å². The molecular weight excluding hydrogens is 266 g/mol. The Morgan fingerprint density at radius 3 is 3.00 bits per heavy atom. The molecule has 0 amide bonds. The van der Waals surface area contributed by atoms with Crippen LogP contribution < -0.4 is 0 Å². The molecule has 0 aromatic carbocycles. The third-order valence-electron chi connectivity index (χ3n) is 2.95. The minimum Gasteiger partial charge on any atom is -0.480 e. The number of nitrogens with zero attached hydrogens (tertiary/aromatic N) is 1. The molecule has 0 spiro atoms. The number of hydrogen-bond acceptors (Lipinski definition) is 2. The second kappa shape index (κ2) is 5.67. The maximum Gasteiger partial charge on any atom is 0.183 e. The average molecular weight is 284 g/mol. The van der Waals surface area contributed by atoms with Crippen molar-refractivity contribution in [3.8, 4) is 0 Å². The van der Waals surface area contributed by atoms with Crippen LogP contribution in [0.4, 0.5) is 0 Å². The Hall–Kier alpha value is -0.570. The molecule has 0 fully saturated rings. The maximum absolute atomic E-state index is 5.67. The van der Waals surface area contributed by atoms with E-state index in [1.807, 2.05) is 0 Å². The molecule has 0 N–H and O–H groups in total. The van der Waals surface area contributed by atoms with Gasteiger partial charge in [-0.25, -0.2) is 0 Å². The van der Waals surface area contributed by atoms with Crippen molar-refractivity contribution < 1.29 is 4.74 Å². The smallest absolute Gasteiger partial charge is 0.183 e. The van der Waals surface area contributed by atoms with Gasteiger partial charge < -0.3 is 4.74 Å². The lowest BCUT2D eigenvalue weighted by Gasteiger charge is -2.24. The molecular formula is C13H18BrNO. The summed E-state index contributed by atoms with van der Waals surface area (Å²) in [6.07, 6.45) is 9.88. The molecule has 2 aliphatic rings. The van der Waals surface area contributed by atoms with Gasteiger partial charge in [-0.15, -0.1) is 0 Å². The fourth-order valence-electron chi connectivity index (χ4n) is 1.99. The van der Waals surface area contributed by atoms with E-state index in [2.05, 4.69) is 46.1 Å². The van der Waals surface area contributed by atoms with E-state index in [1.54, 1.807) is 0 Å². The number of hydrogen-bond donors (Lipinski definition) is 0. The molecule has 1 heterocycles. The van der Waals surface area contributed by atoms with Gasteiger partial charge in [-0.3, -0.25) is 4.99 Å². The highest BCUT2D eigenvalue weighted by Crippen LogP contribution is 2.24. The van der Waals surface area contributed by atoms with Crippen LogP contribution in [-0.4, -0.2) is 23.9 Å². The molecule has 2 nitrogen and oxygen atoms in total. The Kier molecular flexibility index (Phi) is 4.22. The van der Waals surface area contributed by atoms with Gasteiger partial charge in [0.05, 0.1) is 13.2 Å². The molecule has 2 atom stereocenters. The Bertz CT molecular complexity index is 333. The quantitative estimate of drug-likeness (QED) is 0.727. The number of rotatable bonds is 3. The van der Waals surface area contributed by atoms with E-state index >= 15 is 0 Å². The van der Waals surface area contributed by atoms with Gasteiger partial charge in [0.2, 0.25) is 0 Å². The highest BCUT2D eigenvalue weighted by molar-refractivity contribution is 9.09. The molecule has 0 radical (unpaired) electrons. The second-order valence-electron chi connectivity index (χ2n) is 4.31. The van der Waals surface area contributed by atoms with Crippen LogP contribution in [0, 0.1) is 5.92 Å². The van der Waals surface area contributed by atoms with Crippen molar-refractivity contribution in [2.24, 2.45) is 10.9 Å². The highest BCUT2D eigenvalue weighted by atomic mass is 79.9. The lowest BCUT2D eigenvalue weighted by Crippen LogP contribution is -2.25. The van der Waals surface area contributed by atoms with E-state index in [0.717, 1.165) is 38.3 Å². The fraction of sp³-hybridized carbons (Fsp3) is 0.615. The lowest BCUT2D eigenvalue weighted by atomic mass is 9.94. The van der Waals surface area contributed by atoms with Crippen LogP contribution in [0.15, 0.2) is 28.8 Å². The van der Waals surface area contributed by atoms with Gasteiger partial charge in [-0.1, -0.05) is 41.1 Å². The summed E-state index contributed by atoms with van der Waals surface area (Å²) in [5, 5.41) is 0. The van der Waals surface area contributed by atoms with Crippen molar-refractivity contribution in [3.63, 3.8) is 0 Å². The summed E-state index contributed by atoms with van der Waals surface area (Å²) in [6.45, 7) is 3.83. The van der Waals surface area contributed by atoms with Crippen molar-refractivity contribution in [2.45, 2.75) is 31.0 Å². The maximum atomic E-state index is 5.67. The van der Waals surface area contributed by atoms with E-state index < -0.39 is 0 Å². The predicted molar refractivity (Wildman–Crippen MR) is 71.2 cm³/mol. The highest BCUT2D eigenvalue weighted by Gasteiger charge is 2.20. The summed E-state index contributed by atoms with van der Waals surface area (Å²) in [4.78, 5) is 5.00. The number of allylic oxidation sites excluding steroid dienone is 3. The molecule has 0 aromatic rings. The third-order valence-corrected chi connectivity index (χ3v) is 3.63. The number of halogens is 1. The molecule has 0 bridgehead atoms. The first-order valence-corrected chi connectivity index (χ1v) is 6.89. The first-order chi connectivity index (χ1) is 7.79. The fourth-order valence-corrected chi connectivity index (χ4v) is 2.33. The Labute approximate surface area is 106 Å². The van der Waals surface area contributed by atoms with Crippen molar-refractivity contribution >= 4 is 21.8 Å². The summed E-state index contributed by atoms with van der Waals surface area (Å²) in [5.74, 6) is 1.40. The molecule has 0 saturated heterocycles. The van der Waals surface area contributed by atoms with Crippen molar-refractivity contribution in [3.05, 3.63) is 23.8 Å². The molecule has 0 saturated carbocycles. The summed E-state index contributed by atoms with van der Waals surface area (Å²) in [5.41, 5.74) is 1.38. The molecule has 2 rings (SSSR count). The zero-order chi connectivity index (χ0) is 11.4. The summed E-state index contributed by atoms with van der Waals surface area (Å²) in [6, 6.07) is 0. The number of alkyl halides is 1. The first-order valence-electron chi connectivity index (χ1n) is 5.98. The van der Waals surface area contributed by atoms with Crippen LogP contribution in [0.1, 0.15) is 26.2 Å². The van der Waals surface area contributed by atoms with Crippen LogP contribution in [0.25, 0.3) is 0 Å². The van der Waals surface area contributed by atoms with Gasteiger partial charge in [-0.05, 0) is 18.4 Å². The van der Waals surface area contributed by atoms with E-state index in [-0.39, 0.29) is 0 Å². The van der Waals surface area contributed by atoms with E-state index in [1.165, 1.54) is 5.57 Å². The monoisotopic (exact) mass is 283 g/mol. The number of aliphatic imine (C=N–C) groups is 1. The minimum absolute atomic E-state index is 0.455. The summed E-state index contributed by atoms with van der Waals surface area (Å²) < 4.78 is 5.67. The van der Waals surface area contributed by atoms with Gasteiger partial charge in [0.1, 0.15) is 0 Å². The summed E-state index contributed by atoms with van der Waals surface area (Å²) >= 11 is 3.58. The Morgan fingerprint density at radius 1 is 1.56 bits per heavy atom. The van der Waals surface area contributed by atoms with Gasteiger partial charge in [0.25, 0.3) is 0 Å². The minimum atomic E-state index is 0.455. The largest absolute Gasteiger partial charge is 0.480 e. The number of ether oxygens (including phenoxy) is 1. The van der Waals surface area contributed by atoms with Crippen LogP contribution in [0.3, 0.4) is 0 Å². The van der Waals surface area contributed by atoms with Gasteiger partial charge in [0, 0.05) is 17.2 Å². The van der Waals surface area contributed by atoms with Crippen LogP contribution in [0.2, 0.25) is 0 Å². The normalized spacial score (nSPS) is 29.4. The molecule has 1 aliphatic heterocycles. The van der Waals surface area contributed by atoms with E-state index in [9.17, 15) is 0 Å². The average Bonchev–Trinajstić information content (AvgIpc) is 2.32. The molecule has 2 unspecified atom stereocenters. The molecule has 16 heavy (non-hydrogen) atoms. The van der Waals surface area contributed by atoms with Gasteiger partial charge in [-0.2, -0.15) is 0 Å².